The van der Waals surface area contributed by atoms with Gasteiger partial charge in [0.1, 0.15) is 0 Å². The van der Waals surface area contributed by atoms with E-state index in [4.69, 9.17) is 12.2 Å². The highest BCUT2D eigenvalue weighted by molar-refractivity contribution is 9.10. The zero-order valence-corrected chi connectivity index (χ0v) is 14.1. The molecule has 1 saturated carbocycles. The first-order valence-corrected chi connectivity index (χ1v) is 8.95. The molecule has 2 nitrogen and oxygen atoms in total. The van der Waals surface area contributed by atoms with Crippen LogP contribution in [0, 0.1) is 4.77 Å². The van der Waals surface area contributed by atoms with Gasteiger partial charge in [-0.05, 0) is 55.4 Å². The van der Waals surface area contributed by atoms with Crippen LogP contribution in [0.3, 0.4) is 0 Å². The molecule has 0 spiro atoms. The summed E-state index contributed by atoms with van der Waals surface area (Å²) in [5, 5.41) is 0.803. The lowest BCUT2D eigenvalue weighted by Gasteiger charge is -2.13. The average Bonchev–Trinajstić information content (AvgIpc) is 2.92. The topological polar surface area (TPSA) is 20.7 Å². The van der Waals surface area contributed by atoms with Crippen molar-refractivity contribution in [2.75, 3.05) is 5.75 Å². The Bertz CT molecular complexity index is 646. The molecule has 1 aliphatic rings. The van der Waals surface area contributed by atoms with Gasteiger partial charge in [0, 0.05) is 15.8 Å². The number of imidazole rings is 1. The number of H-pyrrole nitrogens is 1. The summed E-state index contributed by atoms with van der Waals surface area (Å²) < 4.78 is 4.28. The Labute approximate surface area is 131 Å². The first kappa shape index (κ1) is 13.7. The van der Waals surface area contributed by atoms with E-state index in [0.29, 0.717) is 6.04 Å². The first-order valence-electron chi connectivity index (χ1n) is 6.70. The second-order valence-corrected chi connectivity index (χ2v) is 7.89. The Morgan fingerprint density at radius 3 is 3.11 bits per heavy atom. The molecule has 2 aromatic rings. The third-order valence-electron chi connectivity index (χ3n) is 3.80. The average molecular weight is 357 g/mol. The van der Waals surface area contributed by atoms with Crippen molar-refractivity contribution >= 4 is 50.9 Å². The predicted octanol–water partition coefficient (Wildman–Crippen LogP) is 5.31. The van der Waals surface area contributed by atoms with Crippen molar-refractivity contribution in [1.29, 1.82) is 0 Å². The molecule has 1 aromatic heterocycles. The van der Waals surface area contributed by atoms with Crippen molar-refractivity contribution in [2.45, 2.75) is 37.5 Å². The summed E-state index contributed by atoms with van der Waals surface area (Å²) in [6, 6.07) is 6.92. The molecular formula is C14H17BrN2S2. The molecule has 5 heteroatoms. The Kier molecular flexibility index (Phi) is 4.06. The fourth-order valence-electron chi connectivity index (χ4n) is 3.00. The summed E-state index contributed by atoms with van der Waals surface area (Å²) >= 11 is 11.1. The van der Waals surface area contributed by atoms with E-state index in [-0.39, 0.29) is 0 Å². The molecule has 102 valence electrons. The molecule has 2 unspecified atom stereocenters. The van der Waals surface area contributed by atoms with Crippen LogP contribution in [-0.2, 0) is 0 Å². The quantitative estimate of drug-likeness (QED) is 0.752. The highest BCUT2D eigenvalue weighted by Crippen LogP contribution is 2.38. The summed E-state index contributed by atoms with van der Waals surface area (Å²) in [6.45, 7) is 2.24. The molecule has 0 amide bonds. The minimum atomic E-state index is 0.562. The Hall–Kier alpha value is -0.260. The number of aromatic nitrogens is 2. The van der Waals surface area contributed by atoms with Gasteiger partial charge in [0.15, 0.2) is 4.77 Å². The monoisotopic (exact) mass is 356 g/mol. The number of hydrogen-bond acceptors (Lipinski definition) is 2. The predicted molar refractivity (Wildman–Crippen MR) is 89.6 cm³/mol. The van der Waals surface area contributed by atoms with E-state index < -0.39 is 0 Å². The largest absolute Gasteiger partial charge is 0.331 e. The molecule has 1 fully saturated rings. The summed E-state index contributed by atoms with van der Waals surface area (Å²) in [6.07, 6.45) is 3.80. The molecule has 0 aliphatic heterocycles. The smallest absolute Gasteiger partial charge is 0.178 e. The van der Waals surface area contributed by atoms with Crippen molar-refractivity contribution in [2.24, 2.45) is 0 Å². The zero-order valence-electron chi connectivity index (χ0n) is 10.9. The number of halogens is 1. The maximum absolute atomic E-state index is 5.52. The molecular weight excluding hydrogens is 340 g/mol. The number of nitrogens with zero attached hydrogens (tertiary/aromatic N) is 1. The minimum Gasteiger partial charge on any atom is -0.331 e. The Morgan fingerprint density at radius 2 is 2.32 bits per heavy atom. The van der Waals surface area contributed by atoms with Crippen LogP contribution in [0.25, 0.3) is 11.0 Å². The number of rotatable bonds is 3. The van der Waals surface area contributed by atoms with Gasteiger partial charge >= 0.3 is 0 Å². The third-order valence-corrected chi connectivity index (χ3v) is 5.83. The van der Waals surface area contributed by atoms with Crippen LogP contribution in [0.5, 0.6) is 0 Å². The molecule has 1 aliphatic carbocycles. The number of benzene rings is 1. The fraction of sp³-hybridized carbons (Fsp3) is 0.500. The van der Waals surface area contributed by atoms with E-state index in [1.54, 1.807) is 0 Å². The van der Waals surface area contributed by atoms with Gasteiger partial charge in [-0.3, -0.25) is 0 Å². The molecule has 1 heterocycles. The van der Waals surface area contributed by atoms with Gasteiger partial charge in [0.05, 0.1) is 11.0 Å². The lowest BCUT2D eigenvalue weighted by molar-refractivity contribution is 0.527. The molecule has 0 saturated heterocycles. The van der Waals surface area contributed by atoms with Gasteiger partial charge in [-0.25, -0.2) is 0 Å². The van der Waals surface area contributed by atoms with Crippen LogP contribution < -0.4 is 0 Å². The van der Waals surface area contributed by atoms with E-state index in [9.17, 15) is 0 Å². The Morgan fingerprint density at radius 1 is 1.47 bits per heavy atom. The van der Waals surface area contributed by atoms with Crippen LogP contribution in [0.4, 0.5) is 0 Å². The molecule has 2 atom stereocenters. The van der Waals surface area contributed by atoms with Gasteiger partial charge in [0.2, 0.25) is 0 Å². The number of nitrogens with one attached hydrogen (secondary N) is 1. The van der Waals surface area contributed by atoms with Gasteiger partial charge in [-0.2, -0.15) is 11.8 Å². The van der Waals surface area contributed by atoms with Crippen molar-refractivity contribution in [3.8, 4) is 0 Å². The second kappa shape index (κ2) is 5.62. The summed E-state index contributed by atoms with van der Waals surface area (Å²) in [5.41, 5.74) is 2.37. The van der Waals surface area contributed by atoms with Crippen LogP contribution in [0.15, 0.2) is 22.7 Å². The number of thioether (sulfide) groups is 1. The summed E-state index contributed by atoms with van der Waals surface area (Å²) in [4.78, 5) is 3.33. The fourth-order valence-corrected chi connectivity index (χ4v) is 4.86. The van der Waals surface area contributed by atoms with Crippen molar-refractivity contribution in [3.05, 3.63) is 27.4 Å². The molecule has 0 radical (unpaired) electrons. The van der Waals surface area contributed by atoms with E-state index >= 15 is 0 Å². The van der Waals surface area contributed by atoms with Crippen LogP contribution in [-0.4, -0.2) is 20.6 Å². The lowest BCUT2D eigenvalue weighted by atomic mass is 10.2. The Balaban J connectivity index is 1.97. The lowest BCUT2D eigenvalue weighted by Crippen LogP contribution is -2.06. The normalized spacial score (nSPS) is 23.3. The molecule has 1 N–H and O–H groups in total. The molecule has 1 aromatic carbocycles. The zero-order chi connectivity index (χ0) is 13.4. The van der Waals surface area contributed by atoms with Gasteiger partial charge in [0.25, 0.3) is 0 Å². The number of aromatic amines is 1. The standard InChI is InChI=1S/C14H17BrN2S2/c1-2-19-11-5-4-10(8-11)17-13-6-3-9(15)7-12(13)16-14(17)18/h3,6-7,10-11H,2,4-5,8H2,1H3,(H,16,18). The van der Waals surface area contributed by atoms with Crippen LogP contribution in [0.2, 0.25) is 0 Å². The second-order valence-electron chi connectivity index (χ2n) is 5.01. The van der Waals surface area contributed by atoms with E-state index in [1.807, 2.05) is 0 Å². The molecule has 0 bridgehead atoms. The maximum Gasteiger partial charge on any atom is 0.178 e. The van der Waals surface area contributed by atoms with Crippen LogP contribution >= 0.6 is 39.9 Å². The van der Waals surface area contributed by atoms with Crippen molar-refractivity contribution in [3.63, 3.8) is 0 Å². The van der Waals surface area contributed by atoms with Crippen LogP contribution in [0.1, 0.15) is 32.2 Å². The first-order chi connectivity index (χ1) is 9.19. The van der Waals surface area contributed by atoms with Gasteiger partial charge in [-0.15, -0.1) is 0 Å². The minimum absolute atomic E-state index is 0.562. The van der Waals surface area contributed by atoms with E-state index in [1.165, 1.54) is 30.5 Å². The summed E-state index contributed by atoms with van der Waals surface area (Å²) in [5.74, 6) is 1.21. The third kappa shape index (κ3) is 2.65. The number of hydrogen-bond donors (Lipinski definition) is 1. The number of fused-ring (bicyclic) bond motifs is 1. The van der Waals surface area contributed by atoms with Crippen molar-refractivity contribution in [1.82, 2.24) is 9.55 Å². The molecule has 19 heavy (non-hydrogen) atoms. The highest BCUT2D eigenvalue weighted by atomic mass is 79.9. The molecule has 3 rings (SSSR count). The SMILES string of the molecule is CCSC1CCC(n2c(=S)[nH]c3cc(Br)ccc32)C1. The van der Waals surface area contributed by atoms with E-state index in [2.05, 4.69) is 62.4 Å². The van der Waals surface area contributed by atoms with E-state index in [0.717, 1.165) is 20.0 Å². The van der Waals surface area contributed by atoms with Gasteiger partial charge < -0.3 is 9.55 Å². The summed E-state index contributed by atoms with van der Waals surface area (Å²) in [7, 11) is 0. The van der Waals surface area contributed by atoms with Crippen molar-refractivity contribution < 1.29 is 0 Å². The van der Waals surface area contributed by atoms with Gasteiger partial charge in [-0.1, -0.05) is 22.9 Å². The maximum atomic E-state index is 5.52. The highest BCUT2D eigenvalue weighted by Gasteiger charge is 2.27.